The van der Waals surface area contributed by atoms with Gasteiger partial charge in [0.25, 0.3) is 0 Å². The van der Waals surface area contributed by atoms with E-state index in [4.69, 9.17) is 14.2 Å². The Hall–Kier alpha value is -4.59. The molecule has 0 bridgehead atoms. The zero-order valence-corrected chi connectivity index (χ0v) is 21.2. The molecule has 3 heterocycles. The molecule has 38 heavy (non-hydrogen) atoms. The van der Waals surface area contributed by atoms with Crippen LogP contribution in [0.1, 0.15) is 27.5 Å². The lowest BCUT2D eigenvalue weighted by Crippen LogP contribution is -2.44. The van der Waals surface area contributed by atoms with Crippen molar-refractivity contribution in [3.63, 3.8) is 0 Å². The first kappa shape index (κ1) is 23.8. The first-order valence-corrected chi connectivity index (χ1v) is 12.3. The smallest absolute Gasteiger partial charge is 0.240 e. The van der Waals surface area contributed by atoms with E-state index in [1.54, 1.807) is 49.6 Å². The molecule has 2 fully saturated rings. The monoisotopic (exact) mass is 510 g/mol. The first-order chi connectivity index (χ1) is 18.5. The number of ketones is 1. The Morgan fingerprint density at radius 2 is 1.50 bits per heavy atom. The molecular formula is C30H26N2O6. The summed E-state index contributed by atoms with van der Waals surface area (Å²) in [6, 6.07) is 18.2. The molecule has 3 aromatic rings. The number of carbonyl (C=O) groups is 3. The quantitative estimate of drug-likeness (QED) is 0.364. The number of Topliss-reactive ketones (excluding diaryl/α,β-unsaturated/α-hetero) is 1. The van der Waals surface area contributed by atoms with Gasteiger partial charge in [0.15, 0.2) is 17.3 Å². The molecule has 0 N–H and O–H groups in total. The molecule has 0 aliphatic carbocycles. The number of hydrogen-bond acceptors (Lipinski definition) is 7. The van der Waals surface area contributed by atoms with Gasteiger partial charge in [-0.2, -0.15) is 0 Å². The zero-order valence-electron chi connectivity index (χ0n) is 21.2. The van der Waals surface area contributed by atoms with Crippen molar-refractivity contribution in [3.05, 3.63) is 89.6 Å². The fourth-order valence-electron chi connectivity index (χ4n) is 6.00. The van der Waals surface area contributed by atoms with Crippen molar-refractivity contribution in [1.82, 2.24) is 4.90 Å². The van der Waals surface area contributed by atoms with Crippen LogP contribution in [0.15, 0.2) is 72.9 Å². The average molecular weight is 511 g/mol. The Balaban J connectivity index is 1.47. The third-order valence-corrected chi connectivity index (χ3v) is 7.73. The maximum Gasteiger partial charge on any atom is 0.240 e. The van der Waals surface area contributed by atoms with E-state index in [1.165, 1.54) is 19.1 Å². The highest BCUT2D eigenvalue weighted by Crippen LogP contribution is 2.53. The number of hydrogen-bond donors (Lipinski definition) is 0. The highest BCUT2D eigenvalue weighted by molar-refractivity contribution is 6.24. The minimum atomic E-state index is -0.868. The third kappa shape index (κ3) is 3.40. The summed E-state index contributed by atoms with van der Waals surface area (Å²) in [5.41, 5.74) is 2.72. The molecule has 2 amide bonds. The van der Waals surface area contributed by atoms with E-state index in [9.17, 15) is 14.4 Å². The first-order valence-electron chi connectivity index (χ1n) is 12.3. The molecule has 3 aliphatic rings. The topological polar surface area (TPSA) is 85.4 Å². The Labute approximate surface area is 220 Å². The minimum absolute atomic E-state index is 0.259. The summed E-state index contributed by atoms with van der Waals surface area (Å²) < 4.78 is 16.0. The largest absolute Gasteiger partial charge is 0.497 e. The van der Waals surface area contributed by atoms with Crippen LogP contribution in [0.4, 0.5) is 5.69 Å². The lowest BCUT2D eigenvalue weighted by atomic mass is 9.83. The SMILES string of the molecule is COc1ccc(N2C(=O)[C@@H]3[C@H](C2=O)[C@H]2c4ccccc4C=CN2[C@H]3C(=O)c2ccc(OC)c(OC)c2)cc1. The van der Waals surface area contributed by atoms with Crippen molar-refractivity contribution in [2.45, 2.75) is 12.1 Å². The predicted octanol–water partition coefficient (Wildman–Crippen LogP) is 4.11. The van der Waals surface area contributed by atoms with Crippen LogP contribution in [-0.4, -0.2) is 49.9 Å². The molecule has 3 aliphatic heterocycles. The Kier molecular flexibility index (Phi) is 5.67. The molecule has 4 atom stereocenters. The molecule has 2 saturated heterocycles. The van der Waals surface area contributed by atoms with E-state index in [2.05, 4.69) is 0 Å². The molecule has 0 spiro atoms. The van der Waals surface area contributed by atoms with Crippen molar-refractivity contribution in [2.24, 2.45) is 11.8 Å². The van der Waals surface area contributed by atoms with Crippen molar-refractivity contribution in [2.75, 3.05) is 26.2 Å². The van der Waals surface area contributed by atoms with E-state index in [0.29, 0.717) is 28.5 Å². The number of benzene rings is 3. The maximum absolute atomic E-state index is 14.1. The van der Waals surface area contributed by atoms with Gasteiger partial charge in [-0.15, -0.1) is 0 Å². The molecule has 192 valence electrons. The highest BCUT2D eigenvalue weighted by atomic mass is 16.5. The van der Waals surface area contributed by atoms with Gasteiger partial charge in [-0.25, -0.2) is 4.90 Å². The van der Waals surface area contributed by atoms with Crippen LogP contribution in [0.25, 0.3) is 6.08 Å². The molecule has 8 heteroatoms. The number of ether oxygens (including phenoxy) is 3. The molecule has 0 aromatic heterocycles. The number of rotatable bonds is 6. The molecule has 0 radical (unpaired) electrons. The fraction of sp³-hybridized carbons (Fsp3) is 0.233. The van der Waals surface area contributed by atoms with Gasteiger partial charge >= 0.3 is 0 Å². The van der Waals surface area contributed by atoms with Gasteiger partial charge in [0.1, 0.15) is 11.8 Å². The Morgan fingerprint density at radius 3 is 2.21 bits per heavy atom. The van der Waals surface area contributed by atoms with Crippen LogP contribution >= 0.6 is 0 Å². The van der Waals surface area contributed by atoms with Crippen LogP contribution in [0.3, 0.4) is 0 Å². The summed E-state index contributed by atoms with van der Waals surface area (Å²) >= 11 is 0. The van der Waals surface area contributed by atoms with E-state index in [-0.39, 0.29) is 17.6 Å². The van der Waals surface area contributed by atoms with Gasteiger partial charge < -0.3 is 19.1 Å². The van der Waals surface area contributed by atoms with Crippen LogP contribution < -0.4 is 19.1 Å². The van der Waals surface area contributed by atoms with Gasteiger partial charge in [0.05, 0.1) is 44.9 Å². The van der Waals surface area contributed by atoms with E-state index >= 15 is 0 Å². The summed E-state index contributed by atoms with van der Waals surface area (Å²) in [4.78, 5) is 45.2. The number of fused-ring (bicyclic) bond motifs is 5. The molecule has 3 aromatic carbocycles. The van der Waals surface area contributed by atoms with Gasteiger partial charge in [0.2, 0.25) is 11.8 Å². The molecule has 0 unspecified atom stereocenters. The predicted molar refractivity (Wildman–Crippen MR) is 140 cm³/mol. The summed E-state index contributed by atoms with van der Waals surface area (Å²) in [6.07, 6.45) is 3.77. The summed E-state index contributed by atoms with van der Waals surface area (Å²) in [7, 11) is 4.58. The second-order valence-corrected chi connectivity index (χ2v) is 9.48. The minimum Gasteiger partial charge on any atom is -0.497 e. The Morgan fingerprint density at radius 1 is 0.789 bits per heavy atom. The van der Waals surface area contributed by atoms with Crippen LogP contribution in [-0.2, 0) is 9.59 Å². The molecule has 0 saturated carbocycles. The summed E-state index contributed by atoms with van der Waals surface area (Å²) in [5, 5.41) is 0. The van der Waals surface area contributed by atoms with E-state index < -0.39 is 23.9 Å². The number of carbonyl (C=O) groups excluding carboxylic acids is 3. The zero-order chi connectivity index (χ0) is 26.6. The number of methoxy groups -OCH3 is 3. The number of imide groups is 1. The second kappa shape index (κ2) is 9.06. The average Bonchev–Trinajstić information content (AvgIpc) is 3.44. The van der Waals surface area contributed by atoms with Crippen molar-refractivity contribution < 1.29 is 28.6 Å². The Bertz CT molecular complexity index is 1480. The van der Waals surface area contributed by atoms with Crippen LogP contribution in [0.2, 0.25) is 0 Å². The molecule has 8 nitrogen and oxygen atoms in total. The lowest BCUT2D eigenvalue weighted by molar-refractivity contribution is -0.123. The van der Waals surface area contributed by atoms with E-state index in [0.717, 1.165) is 11.1 Å². The molecule has 6 rings (SSSR count). The van der Waals surface area contributed by atoms with Crippen molar-refractivity contribution in [1.29, 1.82) is 0 Å². The standard InChI is InChI=1S/C30H26N2O6/c1-36-20-11-9-19(10-12-20)32-29(34)24-25(30(32)35)27(28(33)18-8-13-22(37-2)23(16-18)38-3)31-15-14-17-6-4-5-7-21(17)26(24)31/h4-16,24-27H,1-3H3/t24-,25+,26+,27+/m0/s1. The van der Waals surface area contributed by atoms with Gasteiger partial charge in [-0.05, 0) is 59.7 Å². The second-order valence-electron chi connectivity index (χ2n) is 9.48. The van der Waals surface area contributed by atoms with Gasteiger partial charge in [-0.3, -0.25) is 14.4 Å². The third-order valence-electron chi connectivity index (χ3n) is 7.73. The summed E-state index contributed by atoms with van der Waals surface area (Å²) in [5.74, 6) is -1.00. The van der Waals surface area contributed by atoms with Crippen molar-refractivity contribution in [3.8, 4) is 17.2 Å². The van der Waals surface area contributed by atoms with Crippen LogP contribution in [0, 0.1) is 11.8 Å². The van der Waals surface area contributed by atoms with Crippen LogP contribution in [0.5, 0.6) is 17.2 Å². The highest BCUT2D eigenvalue weighted by Gasteiger charge is 2.64. The van der Waals surface area contributed by atoms with Crippen molar-refractivity contribution >= 4 is 29.4 Å². The van der Waals surface area contributed by atoms with Gasteiger partial charge in [-0.1, -0.05) is 24.3 Å². The van der Waals surface area contributed by atoms with Gasteiger partial charge in [0, 0.05) is 11.8 Å². The normalized spacial score (nSPS) is 23.1. The maximum atomic E-state index is 14.1. The molecular weight excluding hydrogens is 484 g/mol. The lowest BCUT2D eigenvalue weighted by Gasteiger charge is -2.35. The summed E-state index contributed by atoms with van der Waals surface area (Å²) in [6.45, 7) is 0. The number of nitrogens with zero attached hydrogens (tertiary/aromatic N) is 2. The number of anilines is 1. The fourth-order valence-corrected chi connectivity index (χ4v) is 6.00. The van der Waals surface area contributed by atoms with E-state index in [1.807, 2.05) is 41.4 Å². The number of amides is 2.